The second-order valence-electron chi connectivity index (χ2n) is 10.2. The SMILES string of the molecule is CC(C)(C)[Si](C)(C)Oc1ccc(C(=C(c2ccccc2)c2ccccc2)c2ccccc2)cc1. The lowest BCUT2D eigenvalue weighted by Gasteiger charge is -2.36. The van der Waals surface area contributed by atoms with Crippen molar-refractivity contribution in [2.45, 2.75) is 38.9 Å². The van der Waals surface area contributed by atoms with E-state index in [0.29, 0.717) is 0 Å². The topological polar surface area (TPSA) is 9.23 Å². The largest absolute Gasteiger partial charge is 0.544 e. The summed E-state index contributed by atoms with van der Waals surface area (Å²) in [6.07, 6.45) is 0. The third-order valence-electron chi connectivity index (χ3n) is 6.76. The highest BCUT2D eigenvalue weighted by atomic mass is 28.4. The molecule has 4 aromatic rings. The van der Waals surface area contributed by atoms with Crippen molar-refractivity contribution in [3.8, 4) is 5.75 Å². The Balaban J connectivity index is 1.89. The van der Waals surface area contributed by atoms with Crippen LogP contribution in [-0.2, 0) is 0 Å². The van der Waals surface area contributed by atoms with Gasteiger partial charge in [-0.3, -0.25) is 0 Å². The van der Waals surface area contributed by atoms with Crippen LogP contribution in [0.1, 0.15) is 43.0 Å². The Morgan fingerprint density at radius 1 is 0.500 bits per heavy atom. The molecule has 0 radical (unpaired) electrons. The first-order valence-electron chi connectivity index (χ1n) is 12.0. The van der Waals surface area contributed by atoms with Gasteiger partial charge in [0.2, 0.25) is 8.32 Å². The maximum Gasteiger partial charge on any atom is 0.250 e. The summed E-state index contributed by atoms with van der Waals surface area (Å²) in [5.41, 5.74) is 7.23. The van der Waals surface area contributed by atoms with E-state index in [2.05, 4.69) is 149 Å². The molecule has 0 saturated carbocycles. The summed E-state index contributed by atoms with van der Waals surface area (Å²) < 4.78 is 6.56. The second-order valence-corrected chi connectivity index (χ2v) is 15.0. The third-order valence-corrected chi connectivity index (χ3v) is 11.1. The fourth-order valence-corrected chi connectivity index (χ4v) is 4.89. The second kappa shape index (κ2) is 9.86. The Kier molecular flexibility index (Phi) is 6.90. The van der Waals surface area contributed by atoms with Gasteiger partial charge >= 0.3 is 0 Å². The van der Waals surface area contributed by atoms with Gasteiger partial charge < -0.3 is 4.43 Å². The first-order chi connectivity index (χ1) is 16.3. The van der Waals surface area contributed by atoms with E-state index in [4.69, 9.17) is 4.43 Å². The number of hydrogen-bond acceptors (Lipinski definition) is 1. The van der Waals surface area contributed by atoms with Gasteiger partial charge in [0.15, 0.2) is 0 Å². The van der Waals surface area contributed by atoms with Crippen LogP contribution in [0, 0.1) is 0 Å². The predicted molar refractivity (Wildman–Crippen MR) is 149 cm³/mol. The molecule has 0 heterocycles. The maximum atomic E-state index is 6.56. The standard InChI is InChI=1S/C32H34OSi/c1-32(2,3)34(4,5)33-29-23-21-28(22-24-29)31(27-19-13-8-14-20-27)30(25-15-9-6-10-16-25)26-17-11-7-12-18-26/h6-24H,1-5H3. The van der Waals surface area contributed by atoms with Crippen LogP contribution < -0.4 is 4.43 Å². The lowest BCUT2D eigenvalue weighted by molar-refractivity contribution is 0.492. The number of hydrogen-bond donors (Lipinski definition) is 0. The molecular formula is C32H34OSi. The van der Waals surface area contributed by atoms with Crippen LogP contribution in [0.25, 0.3) is 11.1 Å². The van der Waals surface area contributed by atoms with E-state index in [1.807, 2.05) is 0 Å². The maximum absolute atomic E-state index is 6.56. The van der Waals surface area contributed by atoms with E-state index >= 15 is 0 Å². The molecule has 0 aliphatic rings. The quantitative estimate of drug-likeness (QED) is 0.205. The molecule has 0 bridgehead atoms. The summed E-state index contributed by atoms with van der Waals surface area (Å²) in [6, 6.07) is 40.7. The van der Waals surface area contributed by atoms with Crippen LogP contribution in [0.2, 0.25) is 18.1 Å². The molecule has 1 nitrogen and oxygen atoms in total. The van der Waals surface area contributed by atoms with E-state index < -0.39 is 8.32 Å². The van der Waals surface area contributed by atoms with E-state index in [1.54, 1.807) is 0 Å². The predicted octanol–water partition coefficient (Wildman–Crippen LogP) is 9.08. The van der Waals surface area contributed by atoms with Crippen molar-refractivity contribution in [1.29, 1.82) is 0 Å². The minimum Gasteiger partial charge on any atom is -0.544 e. The lowest BCUT2D eigenvalue weighted by atomic mass is 9.86. The van der Waals surface area contributed by atoms with Gasteiger partial charge in [0, 0.05) is 0 Å². The third kappa shape index (κ3) is 5.24. The zero-order valence-electron chi connectivity index (χ0n) is 20.9. The van der Waals surface area contributed by atoms with Crippen LogP contribution in [0.15, 0.2) is 115 Å². The lowest BCUT2D eigenvalue weighted by Crippen LogP contribution is -2.43. The van der Waals surface area contributed by atoms with Gasteiger partial charge in [0.25, 0.3) is 0 Å². The van der Waals surface area contributed by atoms with Crippen LogP contribution in [0.5, 0.6) is 5.75 Å². The van der Waals surface area contributed by atoms with Crippen molar-refractivity contribution in [2.75, 3.05) is 0 Å². The summed E-state index contributed by atoms with van der Waals surface area (Å²) >= 11 is 0. The van der Waals surface area contributed by atoms with Crippen molar-refractivity contribution in [3.05, 3.63) is 138 Å². The molecule has 0 aliphatic heterocycles. The van der Waals surface area contributed by atoms with E-state index in [-0.39, 0.29) is 5.04 Å². The molecule has 4 rings (SSSR count). The Bertz CT molecular complexity index is 1190. The molecule has 0 N–H and O–H groups in total. The zero-order chi connectivity index (χ0) is 24.2. The highest BCUT2D eigenvalue weighted by Crippen LogP contribution is 2.39. The minimum absolute atomic E-state index is 0.161. The minimum atomic E-state index is -1.89. The normalized spacial score (nSPS) is 11.7. The fraction of sp³-hybridized carbons (Fsp3) is 0.188. The number of rotatable bonds is 6. The van der Waals surface area contributed by atoms with Gasteiger partial charge in [-0.15, -0.1) is 0 Å². The van der Waals surface area contributed by atoms with E-state index in [0.717, 1.165) is 5.75 Å². The average molecular weight is 463 g/mol. The first-order valence-corrected chi connectivity index (χ1v) is 14.9. The summed E-state index contributed by atoms with van der Waals surface area (Å²) in [7, 11) is -1.89. The van der Waals surface area contributed by atoms with E-state index in [1.165, 1.54) is 33.4 Å². The van der Waals surface area contributed by atoms with Crippen molar-refractivity contribution >= 4 is 19.5 Å². The summed E-state index contributed by atoms with van der Waals surface area (Å²) in [6.45, 7) is 11.4. The molecule has 0 aromatic heterocycles. The molecule has 2 heteroatoms. The molecule has 34 heavy (non-hydrogen) atoms. The molecule has 0 atom stereocenters. The van der Waals surface area contributed by atoms with Crippen LogP contribution in [0.3, 0.4) is 0 Å². The van der Waals surface area contributed by atoms with Gasteiger partial charge in [0.05, 0.1) is 0 Å². The highest BCUT2D eigenvalue weighted by Gasteiger charge is 2.38. The van der Waals surface area contributed by atoms with Crippen molar-refractivity contribution in [1.82, 2.24) is 0 Å². The molecule has 0 fully saturated rings. The van der Waals surface area contributed by atoms with Crippen molar-refractivity contribution in [2.24, 2.45) is 0 Å². The van der Waals surface area contributed by atoms with Gasteiger partial charge in [-0.2, -0.15) is 0 Å². The highest BCUT2D eigenvalue weighted by molar-refractivity contribution is 6.74. The molecule has 0 aliphatic carbocycles. The molecular weight excluding hydrogens is 428 g/mol. The summed E-state index contributed by atoms with van der Waals surface area (Å²) in [5, 5.41) is 0.161. The monoisotopic (exact) mass is 462 g/mol. The molecule has 0 spiro atoms. The Morgan fingerprint density at radius 2 is 0.824 bits per heavy atom. The molecule has 4 aromatic carbocycles. The van der Waals surface area contributed by atoms with Crippen LogP contribution >= 0.6 is 0 Å². The first kappa shape index (κ1) is 23.8. The zero-order valence-corrected chi connectivity index (χ0v) is 21.9. The average Bonchev–Trinajstić information content (AvgIpc) is 2.84. The van der Waals surface area contributed by atoms with E-state index in [9.17, 15) is 0 Å². The van der Waals surface area contributed by atoms with Gasteiger partial charge in [-0.05, 0) is 63.7 Å². The van der Waals surface area contributed by atoms with Crippen molar-refractivity contribution < 1.29 is 4.43 Å². The van der Waals surface area contributed by atoms with Crippen LogP contribution in [0.4, 0.5) is 0 Å². The Morgan fingerprint density at radius 3 is 1.15 bits per heavy atom. The van der Waals surface area contributed by atoms with Gasteiger partial charge in [-0.1, -0.05) is 124 Å². The summed E-state index contributed by atoms with van der Waals surface area (Å²) in [4.78, 5) is 0. The van der Waals surface area contributed by atoms with Crippen LogP contribution in [-0.4, -0.2) is 8.32 Å². The molecule has 0 amide bonds. The smallest absolute Gasteiger partial charge is 0.250 e. The fourth-order valence-electron chi connectivity index (χ4n) is 3.86. The van der Waals surface area contributed by atoms with Gasteiger partial charge in [-0.25, -0.2) is 0 Å². The molecule has 172 valence electrons. The number of benzene rings is 4. The molecule has 0 unspecified atom stereocenters. The molecule has 0 saturated heterocycles. The Hall–Kier alpha value is -3.36. The van der Waals surface area contributed by atoms with Gasteiger partial charge in [0.1, 0.15) is 5.75 Å². The summed E-state index contributed by atoms with van der Waals surface area (Å²) in [5.74, 6) is 0.948. The van der Waals surface area contributed by atoms with Crippen molar-refractivity contribution in [3.63, 3.8) is 0 Å². The Labute approximate surface area is 205 Å².